The summed E-state index contributed by atoms with van der Waals surface area (Å²) in [5, 5.41) is 0. The van der Waals surface area contributed by atoms with Crippen LogP contribution in [0.2, 0.25) is 0 Å². The average molecular weight is 367 g/mol. The van der Waals surface area contributed by atoms with E-state index in [1.165, 1.54) is 4.31 Å². The van der Waals surface area contributed by atoms with Crippen LogP contribution >= 0.6 is 0 Å². The third-order valence-corrected chi connectivity index (χ3v) is 5.39. The van der Waals surface area contributed by atoms with Gasteiger partial charge in [-0.1, -0.05) is 60.7 Å². The molecule has 0 bridgehead atoms. The molecule has 0 aliphatic carbocycles. The molecule has 132 valence electrons. The second kappa shape index (κ2) is 6.30. The predicted octanol–water partition coefficient (Wildman–Crippen LogP) is 1.97. The molecular weight excluding hydrogens is 350 g/mol. The van der Waals surface area contributed by atoms with Gasteiger partial charge in [0.25, 0.3) is 0 Å². The fourth-order valence-corrected chi connectivity index (χ4v) is 3.98. The fourth-order valence-electron chi connectivity index (χ4n) is 2.88. The van der Waals surface area contributed by atoms with E-state index in [9.17, 15) is 8.42 Å². The van der Waals surface area contributed by atoms with E-state index in [4.69, 9.17) is 5.73 Å². The summed E-state index contributed by atoms with van der Waals surface area (Å²) >= 11 is 0. The summed E-state index contributed by atoms with van der Waals surface area (Å²) in [5.74, 6) is 0.845. The van der Waals surface area contributed by atoms with Gasteiger partial charge in [0.2, 0.25) is 0 Å². The van der Waals surface area contributed by atoms with E-state index < -0.39 is 10.2 Å². The molecule has 7 nitrogen and oxygen atoms in total. The van der Waals surface area contributed by atoms with Crippen LogP contribution in [0.15, 0.2) is 65.1 Å². The van der Waals surface area contributed by atoms with Crippen molar-refractivity contribution >= 4 is 21.9 Å². The minimum absolute atomic E-state index is 0.0730. The molecule has 1 aromatic heterocycles. The lowest BCUT2D eigenvalue weighted by atomic mass is 10.1. The molecule has 0 atom stereocenters. The summed E-state index contributed by atoms with van der Waals surface area (Å²) in [5.41, 5.74) is 8.19. The first kappa shape index (κ1) is 16.3. The summed E-state index contributed by atoms with van der Waals surface area (Å²) in [6, 6.07) is 19.1. The SMILES string of the molecule is NC1=NS(=O)(=O)N(Cc2ccccc2)c2nc(Cc3ccccc3)[nH]c21. The smallest absolute Gasteiger partial charge is 0.348 e. The number of nitrogens with zero attached hydrogens (tertiary/aromatic N) is 3. The monoisotopic (exact) mass is 367 g/mol. The Bertz CT molecular complexity index is 1060. The Morgan fingerprint density at radius 1 is 0.962 bits per heavy atom. The van der Waals surface area contributed by atoms with Crippen molar-refractivity contribution in [3.8, 4) is 0 Å². The molecule has 2 aromatic carbocycles. The van der Waals surface area contributed by atoms with E-state index in [2.05, 4.69) is 14.4 Å². The molecule has 0 fully saturated rings. The van der Waals surface area contributed by atoms with Gasteiger partial charge in [-0.3, -0.25) is 0 Å². The molecule has 0 saturated heterocycles. The Hall–Kier alpha value is -3.13. The molecule has 0 saturated carbocycles. The van der Waals surface area contributed by atoms with E-state index in [-0.39, 0.29) is 18.2 Å². The lowest BCUT2D eigenvalue weighted by Crippen LogP contribution is -2.36. The number of anilines is 1. The van der Waals surface area contributed by atoms with Crippen molar-refractivity contribution in [2.45, 2.75) is 13.0 Å². The van der Waals surface area contributed by atoms with Crippen LogP contribution < -0.4 is 10.0 Å². The van der Waals surface area contributed by atoms with Crippen molar-refractivity contribution in [2.75, 3.05) is 4.31 Å². The molecule has 1 aliphatic rings. The number of nitrogens with two attached hydrogens (primary N) is 1. The van der Waals surface area contributed by atoms with Gasteiger partial charge in [0, 0.05) is 6.42 Å². The summed E-state index contributed by atoms with van der Waals surface area (Å²) in [7, 11) is -3.93. The maximum atomic E-state index is 12.5. The predicted molar refractivity (Wildman–Crippen MR) is 100 cm³/mol. The van der Waals surface area contributed by atoms with Gasteiger partial charge in [-0.25, -0.2) is 9.29 Å². The van der Waals surface area contributed by atoms with Gasteiger partial charge in [0.1, 0.15) is 11.5 Å². The molecule has 1 aliphatic heterocycles. The zero-order valence-corrected chi connectivity index (χ0v) is 14.6. The molecule has 3 N–H and O–H groups in total. The van der Waals surface area contributed by atoms with Crippen LogP contribution in [0.25, 0.3) is 0 Å². The second-order valence-corrected chi connectivity index (χ2v) is 7.51. The van der Waals surface area contributed by atoms with Gasteiger partial charge in [0.15, 0.2) is 11.7 Å². The fraction of sp³-hybridized carbons (Fsp3) is 0.111. The summed E-state index contributed by atoms with van der Waals surface area (Å²) in [4.78, 5) is 7.61. The van der Waals surface area contributed by atoms with Crippen LogP contribution in [0.4, 0.5) is 5.82 Å². The number of imidazole rings is 1. The number of nitrogens with one attached hydrogen (secondary N) is 1. The number of hydrogen-bond donors (Lipinski definition) is 2. The molecule has 2 heterocycles. The number of benzene rings is 2. The van der Waals surface area contributed by atoms with Crippen LogP contribution in [0.5, 0.6) is 0 Å². The minimum Gasteiger partial charge on any atom is -0.381 e. The third kappa shape index (κ3) is 3.06. The van der Waals surface area contributed by atoms with Crippen molar-refractivity contribution in [2.24, 2.45) is 10.1 Å². The first-order valence-electron chi connectivity index (χ1n) is 8.08. The molecule has 0 amide bonds. The number of H-pyrrole nitrogens is 1. The highest BCUT2D eigenvalue weighted by atomic mass is 32.2. The first-order valence-corrected chi connectivity index (χ1v) is 9.48. The highest BCUT2D eigenvalue weighted by Crippen LogP contribution is 2.28. The standard InChI is InChI=1S/C18H17N5O2S/c19-17-16-18(21-15(20-16)11-13-7-3-1-4-8-13)23(26(24,25)22-17)12-14-9-5-2-6-10-14/h1-10H,11-12H2,(H2,19,22)(H,20,21). The van der Waals surface area contributed by atoms with E-state index >= 15 is 0 Å². The Balaban J connectivity index is 1.72. The third-order valence-electron chi connectivity index (χ3n) is 4.10. The maximum Gasteiger partial charge on any atom is 0.348 e. The van der Waals surface area contributed by atoms with Gasteiger partial charge in [-0.15, -0.1) is 4.40 Å². The van der Waals surface area contributed by atoms with Crippen LogP contribution in [-0.2, 0) is 23.2 Å². The van der Waals surface area contributed by atoms with Crippen molar-refractivity contribution < 1.29 is 8.42 Å². The van der Waals surface area contributed by atoms with Gasteiger partial charge < -0.3 is 10.7 Å². The average Bonchev–Trinajstić information content (AvgIpc) is 3.04. The highest BCUT2D eigenvalue weighted by molar-refractivity contribution is 7.91. The van der Waals surface area contributed by atoms with Gasteiger partial charge >= 0.3 is 10.2 Å². The Morgan fingerprint density at radius 2 is 1.58 bits per heavy atom. The number of rotatable bonds is 4. The number of hydrogen-bond acceptors (Lipinski definition) is 4. The summed E-state index contributed by atoms with van der Waals surface area (Å²) in [6.07, 6.45) is 0.542. The molecule has 26 heavy (non-hydrogen) atoms. The van der Waals surface area contributed by atoms with Crippen molar-refractivity contribution in [1.29, 1.82) is 0 Å². The Kier molecular flexibility index (Phi) is 3.96. The van der Waals surface area contributed by atoms with Gasteiger partial charge in [-0.05, 0) is 11.1 Å². The normalized spacial score (nSPS) is 15.4. The molecule has 3 aromatic rings. The van der Waals surface area contributed by atoms with Crippen LogP contribution in [0.3, 0.4) is 0 Å². The van der Waals surface area contributed by atoms with Crippen LogP contribution in [0.1, 0.15) is 22.6 Å². The number of fused-ring (bicyclic) bond motifs is 1. The molecule has 0 radical (unpaired) electrons. The lowest BCUT2D eigenvalue weighted by Gasteiger charge is -2.24. The number of amidine groups is 1. The quantitative estimate of drug-likeness (QED) is 0.735. The van der Waals surface area contributed by atoms with Gasteiger partial charge in [-0.2, -0.15) is 8.42 Å². The Morgan fingerprint density at radius 3 is 2.23 bits per heavy atom. The minimum atomic E-state index is -3.93. The topological polar surface area (TPSA) is 104 Å². The highest BCUT2D eigenvalue weighted by Gasteiger charge is 2.34. The first-order chi connectivity index (χ1) is 12.5. The number of aromatic nitrogens is 2. The molecular formula is C18H17N5O2S. The Labute approximate surface area is 151 Å². The van der Waals surface area contributed by atoms with Crippen LogP contribution in [0, 0.1) is 0 Å². The van der Waals surface area contributed by atoms with Crippen molar-refractivity contribution in [1.82, 2.24) is 9.97 Å². The number of aromatic amines is 1. The lowest BCUT2D eigenvalue weighted by molar-refractivity contribution is 0.591. The molecule has 4 rings (SSSR count). The molecule has 8 heteroatoms. The second-order valence-electron chi connectivity index (χ2n) is 5.99. The van der Waals surface area contributed by atoms with E-state index in [0.29, 0.717) is 17.9 Å². The summed E-state index contributed by atoms with van der Waals surface area (Å²) in [6.45, 7) is 0.141. The largest absolute Gasteiger partial charge is 0.381 e. The van der Waals surface area contributed by atoms with Gasteiger partial charge in [0.05, 0.1) is 6.54 Å². The van der Waals surface area contributed by atoms with E-state index in [1.54, 1.807) is 0 Å². The van der Waals surface area contributed by atoms with Crippen molar-refractivity contribution in [3.63, 3.8) is 0 Å². The van der Waals surface area contributed by atoms with E-state index in [0.717, 1.165) is 11.1 Å². The summed E-state index contributed by atoms with van der Waals surface area (Å²) < 4.78 is 29.9. The zero-order chi connectivity index (χ0) is 18.1. The zero-order valence-electron chi connectivity index (χ0n) is 13.8. The van der Waals surface area contributed by atoms with E-state index in [1.807, 2.05) is 60.7 Å². The van der Waals surface area contributed by atoms with Crippen molar-refractivity contribution in [3.05, 3.63) is 83.3 Å². The van der Waals surface area contributed by atoms with Crippen LogP contribution in [-0.4, -0.2) is 24.2 Å². The molecule has 0 unspecified atom stereocenters. The molecule has 0 spiro atoms. The maximum absolute atomic E-state index is 12.5.